The minimum Gasteiger partial charge on any atom is -0.473 e. The standard InChI is InChI=1S/C20H11ClF2N2OS.C20H18F2N2O2.C19H19F2N3O.C18H15F2N3O.C18H14F2N2O2.6CH4/c21-12-4-6-13(7-5-12)27-18-9-8-16-20(17(26)10-11-25(16)24-18)19-14(22)2-1-3-15(19)23;21-14-7-4-8-15(22)19(14)20-16-9-10-18(23-24(16)12-11-17(20)25)26-13-5-2-1-3-6-13;1-19(2,3)11-22-16-8-7-14-18(15(25)9-10-24(14)23-16)17-12(20)5-4-6-13(17)21;19-12-2-1-3-13(20)17(12)18-14-6-7-16(21-10-11-4-5-11)22-23(14)9-8-15(18)24;19-12-5-2-6-13(20)17(12)18-14-7-8-16(24-11-3-1-4-11)21-22(14)10-9-15(18)23;;;;;;/h1-11H;4,7-13H,1-3,5-6H2;4-10H,11H2,1-3H3,(H,22,23);1-3,6-9,11H,4-5,10H2,(H,21,22);2,5-11H,1,3-4H2;6*1H4. The van der Waals surface area contributed by atoms with Crippen LogP contribution in [0.15, 0.2) is 271 Å². The van der Waals surface area contributed by atoms with Crippen LogP contribution in [0, 0.1) is 69.5 Å². The van der Waals surface area contributed by atoms with E-state index in [9.17, 15) is 67.9 Å². The maximum Gasteiger partial charge on any atom is 0.231 e. The molecule has 10 heterocycles. The van der Waals surface area contributed by atoms with E-state index in [1.807, 2.05) is 12.1 Å². The zero-order chi connectivity index (χ0) is 88.6. The largest absolute Gasteiger partial charge is 0.473 e. The summed E-state index contributed by atoms with van der Waals surface area (Å²) in [5, 5.41) is 29.6. The number of hydrogen-bond acceptors (Lipinski definition) is 15. The molecule has 16 aromatic rings. The smallest absolute Gasteiger partial charge is 0.231 e. The number of anilines is 2. The molecule has 0 spiro atoms. The summed E-state index contributed by atoms with van der Waals surface area (Å²) in [7, 11) is 0. The number of ether oxygens (including phenoxy) is 2. The molecular formula is C101H101ClF10N12O7S. The topological polar surface area (TPSA) is 214 Å². The normalized spacial score (nSPS) is 12.7. The number of pyridine rings is 5. The van der Waals surface area contributed by atoms with Crippen LogP contribution in [-0.4, -0.2) is 73.4 Å². The number of halogens is 11. The molecule has 0 saturated heterocycles. The monoisotopic (exact) mass is 1850 g/mol. The van der Waals surface area contributed by atoms with Gasteiger partial charge in [0.05, 0.1) is 83.2 Å². The van der Waals surface area contributed by atoms with Gasteiger partial charge in [-0.25, -0.2) is 66.5 Å². The molecule has 0 atom stereocenters. The van der Waals surface area contributed by atoms with Crippen molar-refractivity contribution in [2.45, 2.75) is 152 Å². The van der Waals surface area contributed by atoms with Gasteiger partial charge < -0.3 is 20.1 Å². The van der Waals surface area contributed by atoms with E-state index in [1.165, 1.54) is 145 Å². The van der Waals surface area contributed by atoms with Gasteiger partial charge in [-0.05, 0) is 203 Å². The molecule has 3 aliphatic rings. The van der Waals surface area contributed by atoms with Crippen molar-refractivity contribution in [3.63, 3.8) is 0 Å². The van der Waals surface area contributed by atoms with Crippen molar-refractivity contribution in [2.75, 3.05) is 23.7 Å². The first-order chi connectivity index (χ1) is 60.7. The maximum absolute atomic E-state index is 14.2. The van der Waals surface area contributed by atoms with Crippen LogP contribution in [-0.2, 0) is 0 Å². The highest BCUT2D eigenvalue weighted by Gasteiger charge is 2.27. The summed E-state index contributed by atoms with van der Waals surface area (Å²) in [6.07, 6.45) is 18.8. The van der Waals surface area contributed by atoms with Gasteiger partial charge in [0.1, 0.15) is 87.0 Å². The van der Waals surface area contributed by atoms with Gasteiger partial charge in [-0.15, -0.1) is 10.2 Å². The van der Waals surface area contributed by atoms with Crippen LogP contribution in [0.4, 0.5) is 55.5 Å². The van der Waals surface area contributed by atoms with E-state index in [0.717, 1.165) is 117 Å². The van der Waals surface area contributed by atoms with Gasteiger partial charge in [-0.1, -0.05) is 125 Å². The van der Waals surface area contributed by atoms with E-state index in [0.29, 0.717) is 73.5 Å². The van der Waals surface area contributed by atoms with Crippen LogP contribution in [0.3, 0.4) is 0 Å². The van der Waals surface area contributed by atoms with Crippen LogP contribution < -0.4 is 47.3 Å². The number of nitrogens with zero attached hydrogens (tertiary/aromatic N) is 10. The molecular weight excluding hydrogens is 1750 g/mol. The molecule has 0 unspecified atom stereocenters. The minimum atomic E-state index is -0.792. The van der Waals surface area contributed by atoms with Crippen molar-refractivity contribution in [3.8, 4) is 67.4 Å². The van der Waals surface area contributed by atoms with Crippen molar-refractivity contribution in [3.05, 3.63) is 352 Å². The number of rotatable bonds is 16. The molecule has 132 heavy (non-hydrogen) atoms. The van der Waals surface area contributed by atoms with Crippen LogP contribution in [0.1, 0.15) is 130 Å². The molecule has 0 bridgehead atoms. The molecule has 3 fully saturated rings. The third kappa shape index (κ3) is 23.5. The second kappa shape index (κ2) is 44.7. The van der Waals surface area contributed by atoms with Crippen molar-refractivity contribution < 1.29 is 53.4 Å². The van der Waals surface area contributed by atoms with E-state index in [2.05, 4.69) is 56.9 Å². The van der Waals surface area contributed by atoms with Crippen LogP contribution in [0.5, 0.6) is 11.8 Å². The first-order valence-electron chi connectivity index (χ1n) is 40.3. The number of nitrogens with one attached hydrogen (secondary N) is 2. The summed E-state index contributed by atoms with van der Waals surface area (Å²) in [6, 6.07) is 47.8. The van der Waals surface area contributed by atoms with E-state index >= 15 is 0 Å². The van der Waals surface area contributed by atoms with E-state index in [-0.39, 0.29) is 118 Å². The Morgan fingerprint density at radius 3 is 0.924 bits per heavy atom. The van der Waals surface area contributed by atoms with Gasteiger partial charge in [0, 0.05) is 96.5 Å². The first-order valence-corrected chi connectivity index (χ1v) is 41.5. The Morgan fingerprint density at radius 1 is 0.333 bits per heavy atom. The third-order valence-corrected chi connectivity index (χ3v) is 22.1. The van der Waals surface area contributed by atoms with Gasteiger partial charge in [-0.3, -0.25) is 24.0 Å². The fourth-order valence-electron chi connectivity index (χ4n) is 14.3. The lowest BCUT2D eigenvalue weighted by molar-refractivity contribution is 0.113. The van der Waals surface area contributed by atoms with Gasteiger partial charge in [0.25, 0.3) is 0 Å². The van der Waals surface area contributed by atoms with E-state index < -0.39 is 85.3 Å². The van der Waals surface area contributed by atoms with Crippen LogP contribution in [0.2, 0.25) is 5.02 Å². The Labute approximate surface area is 765 Å². The predicted octanol–water partition coefficient (Wildman–Crippen LogP) is 24.7. The molecule has 31 heteroatoms. The SMILES string of the molecule is C.C.C.C.C.C.CC(C)(C)CNc1ccc2c(-c3c(F)cccc3F)c(=O)ccn2n1.O=c1ccn2nc(NCC3CC3)ccc2c1-c1c(F)cccc1F.O=c1ccn2nc(OC3CCC3)ccc2c1-c1c(F)cccc1F.O=c1ccn2nc(OC3CCCCC3)ccc2c1-c1c(F)cccc1F.O=c1ccn2nc(Sc3ccc(Cl)cc3)ccc2c1-c1c(F)cccc1F. The summed E-state index contributed by atoms with van der Waals surface area (Å²) < 4.78 is 160. The second-order valence-corrected chi connectivity index (χ2v) is 32.7. The summed E-state index contributed by atoms with van der Waals surface area (Å²) in [5.74, 6) is -4.96. The van der Waals surface area contributed by atoms with Crippen molar-refractivity contribution in [2.24, 2.45) is 11.3 Å². The molecule has 690 valence electrons. The number of benzene rings is 6. The number of aromatic nitrogens is 10. The summed E-state index contributed by atoms with van der Waals surface area (Å²) in [6.45, 7) is 7.85. The third-order valence-electron chi connectivity index (χ3n) is 20.9. The highest BCUT2D eigenvalue weighted by Crippen LogP contribution is 2.37. The molecule has 2 N–H and O–H groups in total. The number of hydrogen-bond donors (Lipinski definition) is 2. The highest BCUT2D eigenvalue weighted by atomic mass is 35.5. The molecule has 10 aromatic heterocycles. The Morgan fingerprint density at radius 2 is 0.621 bits per heavy atom. The maximum atomic E-state index is 14.2. The van der Waals surface area contributed by atoms with Crippen LogP contribution in [0.25, 0.3) is 83.2 Å². The summed E-state index contributed by atoms with van der Waals surface area (Å²) in [4.78, 5) is 62.4. The van der Waals surface area contributed by atoms with Gasteiger partial charge in [0.2, 0.25) is 11.8 Å². The van der Waals surface area contributed by atoms with E-state index in [4.69, 9.17) is 21.1 Å². The van der Waals surface area contributed by atoms with Crippen molar-refractivity contribution >= 4 is 62.6 Å². The summed E-state index contributed by atoms with van der Waals surface area (Å²) in [5.41, 5.74) is -2.40. The van der Waals surface area contributed by atoms with Gasteiger partial charge in [0.15, 0.2) is 27.1 Å². The zero-order valence-electron chi connectivity index (χ0n) is 67.6. The molecule has 3 aliphatic carbocycles. The lowest BCUT2D eigenvalue weighted by Crippen LogP contribution is -2.25. The molecule has 19 rings (SSSR count). The van der Waals surface area contributed by atoms with Gasteiger partial charge in [-0.2, -0.15) is 15.3 Å². The van der Waals surface area contributed by atoms with Crippen molar-refractivity contribution in [1.82, 2.24) is 48.1 Å². The van der Waals surface area contributed by atoms with Crippen LogP contribution >= 0.6 is 23.4 Å². The molecule has 0 radical (unpaired) electrons. The second-order valence-electron chi connectivity index (χ2n) is 31.2. The average molecular weight is 1850 g/mol. The Balaban J connectivity index is 0.000000184. The molecule has 19 nitrogen and oxygen atoms in total. The predicted molar refractivity (Wildman–Crippen MR) is 505 cm³/mol. The highest BCUT2D eigenvalue weighted by molar-refractivity contribution is 7.99. The fraction of sp³-hybridized carbons (Fsp3) is 0.248. The molecule has 6 aromatic carbocycles. The summed E-state index contributed by atoms with van der Waals surface area (Å²) >= 11 is 7.30. The minimum absolute atomic E-state index is 0. The lowest BCUT2D eigenvalue weighted by atomic mass is 9.96. The molecule has 3 saturated carbocycles. The Kier molecular flexibility index (Phi) is 34.6. The quantitative estimate of drug-likeness (QED) is 0.0861. The van der Waals surface area contributed by atoms with Crippen molar-refractivity contribution in [1.29, 1.82) is 0 Å². The Bertz CT molecular complexity index is 7030. The number of fused-ring (bicyclic) bond motifs is 5. The molecule has 0 amide bonds. The zero-order valence-corrected chi connectivity index (χ0v) is 69.2. The first kappa shape index (κ1) is 102. The van der Waals surface area contributed by atoms with Gasteiger partial charge >= 0.3 is 0 Å². The average Bonchev–Trinajstić information content (AvgIpc) is 1.05. The fourth-order valence-corrected chi connectivity index (χ4v) is 15.2. The molecule has 0 aliphatic heterocycles. The lowest BCUT2D eigenvalue weighted by Gasteiger charge is -2.25. The Hall–Kier alpha value is -13.7. The van der Waals surface area contributed by atoms with E-state index in [1.54, 1.807) is 72.8 Å².